The number of hydrogen-bond acceptors (Lipinski definition) is 4. The Morgan fingerprint density at radius 3 is 2.80 bits per heavy atom. The summed E-state index contributed by atoms with van der Waals surface area (Å²) in [5, 5.41) is 9.78. The predicted molar refractivity (Wildman–Crippen MR) is 73.8 cm³/mol. The van der Waals surface area contributed by atoms with E-state index in [-0.39, 0.29) is 0 Å². The van der Waals surface area contributed by atoms with Crippen molar-refractivity contribution in [1.29, 1.82) is 0 Å². The van der Waals surface area contributed by atoms with Crippen LogP contribution >= 0.6 is 0 Å². The Bertz CT molecular complexity index is 599. The molecule has 0 bridgehead atoms. The molecule has 0 radical (unpaired) electrons. The van der Waals surface area contributed by atoms with Crippen molar-refractivity contribution >= 4 is 0 Å². The topological polar surface area (TPSA) is 55.2 Å². The number of pyridine rings is 2. The lowest BCUT2D eigenvalue weighted by atomic mass is 10.1. The third kappa shape index (κ3) is 3.00. The van der Waals surface area contributed by atoms with E-state index < -0.39 is 11.9 Å². The number of nitrogens with zero attached hydrogens (tertiary/aromatic N) is 2. The Morgan fingerprint density at radius 1 is 1.40 bits per heavy atom. The monoisotopic (exact) mass is 274 g/mol. The Hall–Kier alpha value is -2.27. The lowest BCUT2D eigenvalue weighted by Gasteiger charge is -2.09. The van der Waals surface area contributed by atoms with Gasteiger partial charge in [0.25, 0.3) is 0 Å². The molecule has 2 aromatic rings. The van der Waals surface area contributed by atoms with Crippen molar-refractivity contribution in [2.45, 2.75) is 12.5 Å². The fourth-order valence-electron chi connectivity index (χ4n) is 1.79. The molecular weight excluding hydrogens is 259 g/mol. The van der Waals surface area contributed by atoms with E-state index in [2.05, 4.69) is 16.5 Å². The third-order valence-electron chi connectivity index (χ3n) is 2.87. The average molecular weight is 274 g/mol. The van der Waals surface area contributed by atoms with Gasteiger partial charge in [0, 0.05) is 23.4 Å². The van der Waals surface area contributed by atoms with Crippen LogP contribution in [0.1, 0.15) is 18.2 Å². The minimum atomic E-state index is -0.696. The molecule has 0 unspecified atom stereocenters. The average Bonchev–Trinajstić information content (AvgIpc) is 2.48. The highest BCUT2D eigenvalue weighted by Gasteiger charge is 2.11. The van der Waals surface area contributed by atoms with Crippen LogP contribution in [-0.4, -0.2) is 22.2 Å². The first kappa shape index (κ1) is 14.1. The van der Waals surface area contributed by atoms with Crippen molar-refractivity contribution in [3.8, 4) is 17.0 Å². The Balaban J connectivity index is 2.32. The van der Waals surface area contributed by atoms with E-state index in [4.69, 9.17) is 4.74 Å². The highest BCUT2D eigenvalue weighted by molar-refractivity contribution is 5.64. The first-order valence-electron chi connectivity index (χ1n) is 6.10. The van der Waals surface area contributed by atoms with Crippen molar-refractivity contribution in [2.75, 3.05) is 7.11 Å². The van der Waals surface area contributed by atoms with Gasteiger partial charge in [0.1, 0.15) is 5.82 Å². The molecule has 0 aromatic carbocycles. The van der Waals surface area contributed by atoms with E-state index in [0.29, 0.717) is 29.1 Å². The molecule has 0 aliphatic heterocycles. The fraction of sp³-hybridized carbons (Fsp3) is 0.200. The highest BCUT2D eigenvalue weighted by Crippen LogP contribution is 2.26. The van der Waals surface area contributed by atoms with Gasteiger partial charge < -0.3 is 9.84 Å². The number of aliphatic hydroxyl groups excluding tert-OH is 1. The minimum Gasteiger partial charge on any atom is -0.481 e. The number of aliphatic hydroxyl groups is 1. The molecule has 0 amide bonds. The van der Waals surface area contributed by atoms with Gasteiger partial charge in [-0.05, 0) is 12.5 Å². The summed E-state index contributed by atoms with van der Waals surface area (Å²) in [5.41, 5.74) is 1.47. The van der Waals surface area contributed by atoms with Crippen LogP contribution in [0.5, 0.6) is 5.88 Å². The number of halogens is 1. The highest BCUT2D eigenvalue weighted by atomic mass is 19.1. The molecule has 4 nitrogen and oxygen atoms in total. The summed E-state index contributed by atoms with van der Waals surface area (Å²) in [6.45, 7) is 3.56. The maximum Gasteiger partial charge on any atom is 0.213 e. The van der Waals surface area contributed by atoms with Gasteiger partial charge in [-0.1, -0.05) is 12.1 Å². The Labute approximate surface area is 116 Å². The summed E-state index contributed by atoms with van der Waals surface area (Å²) in [6, 6.07) is 4.87. The molecule has 1 N–H and O–H groups in total. The molecule has 0 saturated heterocycles. The van der Waals surface area contributed by atoms with Crippen LogP contribution in [0.2, 0.25) is 0 Å². The smallest absolute Gasteiger partial charge is 0.213 e. The predicted octanol–water partition coefficient (Wildman–Crippen LogP) is 2.90. The van der Waals surface area contributed by atoms with Gasteiger partial charge >= 0.3 is 0 Å². The summed E-state index contributed by atoms with van der Waals surface area (Å²) in [6.07, 6.45) is 3.96. The summed E-state index contributed by atoms with van der Waals surface area (Å²) < 4.78 is 18.7. The summed E-state index contributed by atoms with van der Waals surface area (Å²) >= 11 is 0. The lowest BCUT2D eigenvalue weighted by Crippen LogP contribution is -1.99. The Kier molecular flexibility index (Phi) is 4.42. The number of rotatable bonds is 5. The molecule has 2 heterocycles. The molecule has 104 valence electrons. The standard InChI is InChI=1S/C15H15FN2O2/c1-3-4-14(19)13-6-5-10(8-17-13)11-7-15(20-2)18-9-12(11)16/h3,5-9,14,19H,1,4H2,2H3/t14-/m1/s1. The van der Waals surface area contributed by atoms with Gasteiger partial charge in [-0.2, -0.15) is 0 Å². The second-order valence-electron chi connectivity index (χ2n) is 4.22. The zero-order valence-electron chi connectivity index (χ0n) is 11.1. The number of ether oxygens (including phenoxy) is 1. The Morgan fingerprint density at radius 2 is 2.20 bits per heavy atom. The molecule has 0 aliphatic rings. The second kappa shape index (κ2) is 6.25. The molecule has 1 atom stereocenters. The normalized spacial score (nSPS) is 11.9. The summed E-state index contributed by atoms with van der Waals surface area (Å²) in [5.74, 6) is -0.121. The minimum absolute atomic E-state index is 0.331. The molecule has 0 spiro atoms. The SMILES string of the molecule is C=CC[C@@H](O)c1ccc(-c2cc(OC)ncc2F)cn1. The van der Waals surface area contributed by atoms with Gasteiger partial charge in [-0.15, -0.1) is 6.58 Å². The van der Waals surface area contributed by atoms with Crippen molar-refractivity contribution in [3.05, 3.63) is 54.8 Å². The second-order valence-corrected chi connectivity index (χ2v) is 4.22. The van der Waals surface area contributed by atoms with E-state index in [0.717, 1.165) is 6.20 Å². The number of hydrogen-bond donors (Lipinski definition) is 1. The molecule has 0 fully saturated rings. The van der Waals surface area contributed by atoms with Gasteiger partial charge in [0.05, 0.1) is 25.1 Å². The van der Waals surface area contributed by atoms with E-state index in [9.17, 15) is 9.50 Å². The molecule has 2 aromatic heterocycles. The maximum atomic E-state index is 13.8. The largest absolute Gasteiger partial charge is 0.481 e. The maximum absolute atomic E-state index is 13.8. The first-order valence-corrected chi connectivity index (χ1v) is 6.10. The van der Waals surface area contributed by atoms with E-state index in [1.165, 1.54) is 19.4 Å². The molecule has 0 aliphatic carbocycles. The lowest BCUT2D eigenvalue weighted by molar-refractivity contribution is 0.177. The van der Waals surface area contributed by atoms with Crippen molar-refractivity contribution in [1.82, 2.24) is 9.97 Å². The fourth-order valence-corrected chi connectivity index (χ4v) is 1.79. The number of methoxy groups -OCH3 is 1. The van der Waals surface area contributed by atoms with Crippen molar-refractivity contribution in [3.63, 3.8) is 0 Å². The van der Waals surface area contributed by atoms with Crippen LogP contribution in [-0.2, 0) is 0 Å². The van der Waals surface area contributed by atoms with Crippen LogP contribution in [0, 0.1) is 5.82 Å². The third-order valence-corrected chi connectivity index (χ3v) is 2.87. The van der Waals surface area contributed by atoms with Crippen LogP contribution < -0.4 is 4.74 Å². The molecule has 5 heteroatoms. The zero-order valence-corrected chi connectivity index (χ0v) is 11.1. The van der Waals surface area contributed by atoms with Crippen LogP contribution in [0.3, 0.4) is 0 Å². The van der Waals surface area contributed by atoms with Crippen LogP contribution in [0.15, 0.2) is 43.2 Å². The number of aromatic nitrogens is 2. The van der Waals surface area contributed by atoms with Gasteiger partial charge in [-0.25, -0.2) is 9.37 Å². The molecular formula is C15H15FN2O2. The van der Waals surface area contributed by atoms with E-state index in [1.807, 2.05) is 0 Å². The van der Waals surface area contributed by atoms with Crippen molar-refractivity contribution in [2.24, 2.45) is 0 Å². The molecule has 20 heavy (non-hydrogen) atoms. The first-order chi connectivity index (χ1) is 9.65. The summed E-state index contributed by atoms with van der Waals surface area (Å²) in [7, 11) is 1.47. The molecule has 2 rings (SSSR count). The van der Waals surface area contributed by atoms with Crippen LogP contribution in [0.25, 0.3) is 11.1 Å². The molecule has 0 saturated carbocycles. The van der Waals surface area contributed by atoms with Crippen LogP contribution in [0.4, 0.5) is 4.39 Å². The van der Waals surface area contributed by atoms with E-state index >= 15 is 0 Å². The van der Waals surface area contributed by atoms with Crippen molar-refractivity contribution < 1.29 is 14.2 Å². The van der Waals surface area contributed by atoms with E-state index in [1.54, 1.807) is 18.2 Å². The van der Waals surface area contributed by atoms with Gasteiger partial charge in [0.15, 0.2) is 0 Å². The quantitative estimate of drug-likeness (QED) is 0.852. The van der Waals surface area contributed by atoms with Gasteiger partial charge in [0.2, 0.25) is 5.88 Å². The van der Waals surface area contributed by atoms with Gasteiger partial charge in [-0.3, -0.25) is 4.98 Å². The zero-order chi connectivity index (χ0) is 14.5. The summed E-state index contributed by atoms with van der Waals surface area (Å²) in [4.78, 5) is 7.93.